The van der Waals surface area contributed by atoms with Crippen LogP contribution in [-0.4, -0.2) is 19.9 Å². The van der Waals surface area contributed by atoms with Crippen molar-refractivity contribution in [3.63, 3.8) is 0 Å². The molecule has 0 atom stereocenters. The second-order valence-electron chi connectivity index (χ2n) is 7.11. The molecule has 1 aliphatic carbocycles. The van der Waals surface area contributed by atoms with E-state index < -0.39 is 11.2 Å². The lowest BCUT2D eigenvalue weighted by molar-refractivity contribution is 0.104. The van der Waals surface area contributed by atoms with Gasteiger partial charge in [0.1, 0.15) is 0 Å². The summed E-state index contributed by atoms with van der Waals surface area (Å²) in [6, 6.07) is 12.0. The molecule has 1 aliphatic rings. The van der Waals surface area contributed by atoms with Gasteiger partial charge in [0, 0.05) is 46.4 Å². The van der Waals surface area contributed by atoms with Crippen LogP contribution in [0, 0.1) is 0 Å². The number of aromatic nitrogens is 3. The molecular formula is C22H13Cl2N3O3. The fraction of sp³-hybridized carbons (Fsp3) is 0.0909. The zero-order valence-electron chi connectivity index (χ0n) is 15.9. The minimum atomic E-state index is -0.548. The molecule has 0 unspecified atom stereocenters. The SMILES string of the molecule is Cn1c(=O)c2c(-c3ccc(Cl)cc3Cl)c3c(nc2n(C)c1=O)-c1ccccc1C3=O. The maximum absolute atomic E-state index is 13.4. The number of aryl methyl sites for hydroxylation is 1. The van der Waals surface area contributed by atoms with Gasteiger partial charge in [-0.3, -0.25) is 18.7 Å². The second kappa shape index (κ2) is 6.39. The number of rotatable bonds is 1. The standard InChI is InChI=1S/C22H13Cl2N3O3/c1-26-20-17(21(29)27(2)22(26)30)15(13-8-7-10(23)9-14(13)24)16-18(25-20)11-5-3-4-6-12(11)19(16)28/h3-9H,1-2H3. The van der Waals surface area contributed by atoms with E-state index in [1.165, 1.54) is 11.6 Å². The second-order valence-corrected chi connectivity index (χ2v) is 7.96. The van der Waals surface area contributed by atoms with Crippen molar-refractivity contribution in [2.24, 2.45) is 14.1 Å². The van der Waals surface area contributed by atoms with E-state index in [0.717, 1.165) is 4.57 Å². The first kappa shape index (κ1) is 18.8. The molecule has 0 saturated carbocycles. The topological polar surface area (TPSA) is 74.0 Å². The Morgan fingerprint density at radius 2 is 1.53 bits per heavy atom. The Labute approximate surface area is 179 Å². The molecule has 0 radical (unpaired) electrons. The van der Waals surface area contributed by atoms with E-state index in [2.05, 4.69) is 4.98 Å². The van der Waals surface area contributed by atoms with Crippen molar-refractivity contribution in [1.82, 2.24) is 14.1 Å². The summed E-state index contributed by atoms with van der Waals surface area (Å²) in [5, 5.41) is 0.870. The summed E-state index contributed by atoms with van der Waals surface area (Å²) >= 11 is 12.6. The van der Waals surface area contributed by atoms with Crippen molar-refractivity contribution in [1.29, 1.82) is 0 Å². The van der Waals surface area contributed by atoms with Crippen LogP contribution in [0.25, 0.3) is 33.4 Å². The van der Waals surface area contributed by atoms with Crippen molar-refractivity contribution >= 4 is 40.0 Å². The number of pyridine rings is 1. The Kier molecular flexibility index (Phi) is 4.00. The quantitative estimate of drug-likeness (QED) is 0.399. The van der Waals surface area contributed by atoms with Crippen LogP contribution < -0.4 is 11.2 Å². The van der Waals surface area contributed by atoms with E-state index >= 15 is 0 Å². The Bertz CT molecular complexity index is 1550. The van der Waals surface area contributed by atoms with Crippen molar-refractivity contribution in [3.8, 4) is 22.4 Å². The molecule has 30 heavy (non-hydrogen) atoms. The van der Waals surface area contributed by atoms with Crippen LogP contribution in [0.2, 0.25) is 10.0 Å². The minimum absolute atomic E-state index is 0.156. The molecule has 2 heterocycles. The predicted molar refractivity (Wildman–Crippen MR) is 117 cm³/mol. The summed E-state index contributed by atoms with van der Waals surface area (Å²) in [5.74, 6) is -0.244. The van der Waals surface area contributed by atoms with E-state index in [-0.39, 0.29) is 21.8 Å². The predicted octanol–water partition coefficient (Wildman–Crippen LogP) is 3.82. The normalized spacial score (nSPS) is 12.3. The molecule has 148 valence electrons. The molecule has 0 spiro atoms. The fourth-order valence-electron chi connectivity index (χ4n) is 3.99. The summed E-state index contributed by atoms with van der Waals surface area (Å²) in [6.07, 6.45) is 0. The van der Waals surface area contributed by atoms with Crippen molar-refractivity contribution in [2.75, 3.05) is 0 Å². The summed E-state index contributed by atoms with van der Waals surface area (Å²) in [4.78, 5) is 43.7. The van der Waals surface area contributed by atoms with Crippen LogP contribution in [-0.2, 0) is 14.1 Å². The van der Waals surface area contributed by atoms with Crippen molar-refractivity contribution in [3.05, 3.63) is 84.5 Å². The van der Waals surface area contributed by atoms with Gasteiger partial charge in [-0.15, -0.1) is 0 Å². The van der Waals surface area contributed by atoms with Crippen LogP contribution >= 0.6 is 23.2 Å². The third-order valence-corrected chi connectivity index (χ3v) is 5.99. The molecule has 0 bridgehead atoms. The first-order valence-corrected chi connectivity index (χ1v) is 9.80. The molecule has 6 nitrogen and oxygen atoms in total. The van der Waals surface area contributed by atoms with Gasteiger partial charge in [0.05, 0.1) is 16.6 Å². The van der Waals surface area contributed by atoms with Crippen LogP contribution in [0.15, 0.2) is 52.1 Å². The molecule has 5 rings (SSSR count). The molecule has 0 N–H and O–H groups in total. The highest BCUT2D eigenvalue weighted by Gasteiger charge is 2.34. The largest absolute Gasteiger partial charge is 0.332 e. The van der Waals surface area contributed by atoms with Gasteiger partial charge in [-0.2, -0.15) is 0 Å². The Morgan fingerprint density at radius 1 is 0.833 bits per heavy atom. The number of hydrogen-bond donors (Lipinski definition) is 0. The molecule has 2 aromatic heterocycles. The van der Waals surface area contributed by atoms with E-state index in [1.807, 2.05) is 6.07 Å². The number of halogens is 2. The summed E-state index contributed by atoms with van der Waals surface area (Å²) in [7, 11) is 2.93. The highest BCUT2D eigenvalue weighted by atomic mass is 35.5. The lowest BCUT2D eigenvalue weighted by Crippen LogP contribution is -2.37. The van der Waals surface area contributed by atoms with Gasteiger partial charge in [0.25, 0.3) is 5.56 Å². The van der Waals surface area contributed by atoms with E-state index in [1.54, 1.807) is 43.4 Å². The van der Waals surface area contributed by atoms with E-state index in [9.17, 15) is 14.4 Å². The van der Waals surface area contributed by atoms with Gasteiger partial charge in [-0.05, 0) is 12.1 Å². The van der Waals surface area contributed by atoms with Crippen LogP contribution in [0.3, 0.4) is 0 Å². The maximum atomic E-state index is 13.4. The van der Waals surface area contributed by atoms with Gasteiger partial charge < -0.3 is 0 Å². The summed E-state index contributed by atoms with van der Waals surface area (Å²) < 4.78 is 2.30. The van der Waals surface area contributed by atoms with Crippen LogP contribution in [0.5, 0.6) is 0 Å². The number of ketones is 1. The first-order valence-electron chi connectivity index (χ1n) is 9.04. The molecular weight excluding hydrogens is 425 g/mol. The molecule has 2 aromatic carbocycles. The fourth-order valence-corrected chi connectivity index (χ4v) is 4.49. The van der Waals surface area contributed by atoms with Crippen LogP contribution in [0.1, 0.15) is 15.9 Å². The number of hydrogen-bond acceptors (Lipinski definition) is 4. The van der Waals surface area contributed by atoms with Gasteiger partial charge >= 0.3 is 5.69 Å². The average Bonchev–Trinajstić information content (AvgIpc) is 3.02. The Hall–Kier alpha value is -3.22. The van der Waals surface area contributed by atoms with Gasteiger partial charge in [-0.25, -0.2) is 9.78 Å². The van der Waals surface area contributed by atoms with E-state index in [4.69, 9.17) is 23.2 Å². The lowest BCUT2D eigenvalue weighted by Gasteiger charge is -2.15. The molecule has 8 heteroatoms. The molecule has 0 aliphatic heterocycles. The average molecular weight is 438 g/mol. The van der Waals surface area contributed by atoms with Crippen molar-refractivity contribution < 1.29 is 4.79 Å². The third kappa shape index (κ3) is 2.38. The number of carbonyl (C=O) groups excluding carboxylic acids is 1. The summed E-state index contributed by atoms with van der Waals surface area (Å²) in [6.45, 7) is 0. The van der Waals surface area contributed by atoms with Crippen LogP contribution in [0.4, 0.5) is 0 Å². The number of carbonyl (C=O) groups is 1. The number of benzene rings is 2. The van der Waals surface area contributed by atoms with E-state index in [0.29, 0.717) is 38.5 Å². The van der Waals surface area contributed by atoms with Gasteiger partial charge in [0.15, 0.2) is 11.4 Å². The molecule has 0 fully saturated rings. The molecule has 0 amide bonds. The highest BCUT2D eigenvalue weighted by Crippen LogP contribution is 2.44. The van der Waals surface area contributed by atoms with Crippen molar-refractivity contribution in [2.45, 2.75) is 0 Å². The smallest absolute Gasteiger partial charge is 0.288 e. The molecule has 0 saturated heterocycles. The zero-order valence-corrected chi connectivity index (χ0v) is 17.4. The highest BCUT2D eigenvalue weighted by molar-refractivity contribution is 6.37. The maximum Gasteiger partial charge on any atom is 0.332 e. The lowest BCUT2D eigenvalue weighted by atomic mass is 9.95. The Balaban J connectivity index is 2.09. The monoisotopic (exact) mass is 437 g/mol. The Morgan fingerprint density at radius 3 is 2.23 bits per heavy atom. The third-order valence-electron chi connectivity index (χ3n) is 5.44. The zero-order chi connectivity index (χ0) is 21.3. The number of nitrogens with zero attached hydrogens (tertiary/aromatic N) is 3. The van der Waals surface area contributed by atoms with Gasteiger partial charge in [0.2, 0.25) is 0 Å². The number of fused-ring (bicyclic) bond motifs is 4. The molecule has 4 aromatic rings. The summed E-state index contributed by atoms with van der Waals surface area (Å²) in [5.41, 5.74) is 1.82. The minimum Gasteiger partial charge on any atom is -0.288 e. The first-order chi connectivity index (χ1) is 14.3. The van der Waals surface area contributed by atoms with Gasteiger partial charge in [-0.1, -0.05) is 53.5 Å².